The number of nitrogens with two attached hydrogens (primary N) is 1. The molecule has 1 amide bonds. The second-order valence-electron chi connectivity index (χ2n) is 19.8. The average Bonchev–Trinajstić information content (AvgIpc) is 3.37. The van der Waals surface area contributed by atoms with Crippen LogP contribution >= 0.6 is 11.6 Å². The van der Waals surface area contributed by atoms with E-state index in [0.29, 0.717) is 23.3 Å². The Bertz CT molecular complexity index is 1760. The van der Waals surface area contributed by atoms with Crippen molar-refractivity contribution in [2.75, 3.05) is 0 Å². The van der Waals surface area contributed by atoms with Gasteiger partial charge in [0.1, 0.15) is 6.10 Å². The zero-order chi connectivity index (χ0) is 39.8. The molecule has 54 heavy (non-hydrogen) atoms. The number of rotatable bonds is 9. The average molecular weight is 763 g/mol. The van der Waals surface area contributed by atoms with Crippen molar-refractivity contribution in [3.8, 4) is 0 Å². The van der Waals surface area contributed by atoms with Gasteiger partial charge in [-0.1, -0.05) is 71.4 Å². The van der Waals surface area contributed by atoms with E-state index in [1.165, 1.54) is 5.57 Å². The fraction of sp³-hybridized carbons (Fsp3) is 0.689. The molecule has 0 heterocycles. The predicted octanol–water partition coefficient (Wildman–Crippen LogP) is 9.16. The second-order valence-corrected chi connectivity index (χ2v) is 20.2. The van der Waals surface area contributed by atoms with Gasteiger partial charge in [-0.2, -0.15) is 0 Å². The Morgan fingerprint density at radius 3 is 2.28 bits per heavy atom. The van der Waals surface area contributed by atoms with Gasteiger partial charge >= 0.3 is 11.9 Å². The lowest BCUT2D eigenvalue weighted by Crippen LogP contribution is -2.72. The number of carboxylic acids is 1. The van der Waals surface area contributed by atoms with Crippen LogP contribution in [0.4, 0.5) is 0 Å². The summed E-state index contributed by atoms with van der Waals surface area (Å²) in [6, 6.07) is 7.28. The molecule has 9 heteroatoms. The highest BCUT2D eigenvalue weighted by atomic mass is 35.5. The summed E-state index contributed by atoms with van der Waals surface area (Å²) in [6.07, 6.45) is 10.6. The van der Waals surface area contributed by atoms with Gasteiger partial charge in [-0.15, -0.1) is 0 Å². The maximum absolute atomic E-state index is 14.0. The molecule has 6 rings (SSSR count). The molecule has 0 aromatic heterocycles. The summed E-state index contributed by atoms with van der Waals surface area (Å²) in [4.78, 5) is 52.2. The maximum atomic E-state index is 14.0. The summed E-state index contributed by atoms with van der Waals surface area (Å²) in [5.74, 6) is -0.684. The fourth-order valence-electron chi connectivity index (χ4n) is 12.7. The lowest BCUT2D eigenvalue weighted by molar-refractivity contribution is -0.217. The molecule has 5 aliphatic carbocycles. The van der Waals surface area contributed by atoms with E-state index in [0.717, 1.165) is 62.5 Å². The van der Waals surface area contributed by atoms with Gasteiger partial charge in [0.2, 0.25) is 5.91 Å². The van der Waals surface area contributed by atoms with Crippen LogP contribution in [0.2, 0.25) is 5.02 Å². The Labute approximate surface area is 327 Å². The zero-order valence-electron chi connectivity index (χ0n) is 33.9. The lowest BCUT2D eigenvalue weighted by atomic mass is 9.34. The van der Waals surface area contributed by atoms with Crippen LogP contribution in [0.15, 0.2) is 47.6 Å². The minimum atomic E-state index is -1.18. The molecule has 0 unspecified atom stereocenters. The minimum Gasteiger partial charge on any atom is -0.481 e. The SMILES string of the molecule is CC(C)C1=C2[C@H]3CC[C@@H]4[C@@]5(C)CC[C@H](OC(=O)CC(C)(C)C(=O)O)C(C)(C)[C@@H]5CC[C@@]4(C)[C@]3(N)CC[C@@]2(/C=C/C(=O)N[C@H](C)c2ccc(Cl)cc2)CC1=O. The Balaban J connectivity index is 1.26. The monoisotopic (exact) mass is 762 g/mol. The molecule has 4 saturated carbocycles. The minimum absolute atomic E-state index is 0.0227. The molecular formula is C45H63ClN2O6. The van der Waals surface area contributed by atoms with E-state index in [2.05, 4.69) is 46.9 Å². The van der Waals surface area contributed by atoms with Crippen LogP contribution in [-0.2, 0) is 23.9 Å². The molecule has 296 valence electrons. The Morgan fingerprint density at radius 1 is 0.981 bits per heavy atom. The molecule has 0 bridgehead atoms. The van der Waals surface area contributed by atoms with Crippen LogP contribution in [0, 0.1) is 50.7 Å². The van der Waals surface area contributed by atoms with E-state index in [-0.39, 0.29) is 58.3 Å². The van der Waals surface area contributed by atoms with Gasteiger partial charge in [-0.25, -0.2) is 0 Å². The number of halogens is 1. The summed E-state index contributed by atoms with van der Waals surface area (Å²) >= 11 is 6.08. The largest absolute Gasteiger partial charge is 0.481 e. The second kappa shape index (κ2) is 13.9. The number of ketones is 1. The first-order valence-electron chi connectivity index (χ1n) is 20.3. The van der Waals surface area contributed by atoms with Crippen LogP contribution in [-0.4, -0.2) is 40.4 Å². The third kappa shape index (κ3) is 6.49. The smallest absolute Gasteiger partial charge is 0.309 e. The van der Waals surface area contributed by atoms with E-state index in [1.807, 2.05) is 37.3 Å². The van der Waals surface area contributed by atoms with Crippen LogP contribution in [0.1, 0.15) is 138 Å². The van der Waals surface area contributed by atoms with Gasteiger partial charge in [0, 0.05) is 27.8 Å². The third-order valence-electron chi connectivity index (χ3n) is 15.7. The number of carbonyl (C=O) groups is 4. The Kier molecular flexibility index (Phi) is 10.5. The molecule has 0 spiro atoms. The van der Waals surface area contributed by atoms with Crippen molar-refractivity contribution in [3.63, 3.8) is 0 Å². The van der Waals surface area contributed by atoms with Crippen LogP contribution < -0.4 is 11.1 Å². The normalized spacial score (nSPS) is 36.6. The summed E-state index contributed by atoms with van der Waals surface area (Å²) in [6.45, 7) is 18.7. The van der Waals surface area contributed by atoms with E-state index in [4.69, 9.17) is 22.1 Å². The number of fused-ring (bicyclic) bond motifs is 7. The van der Waals surface area contributed by atoms with Crippen LogP contribution in [0.3, 0.4) is 0 Å². The molecule has 5 aliphatic rings. The van der Waals surface area contributed by atoms with Gasteiger partial charge in [0.05, 0.1) is 17.9 Å². The van der Waals surface area contributed by atoms with Gasteiger partial charge < -0.3 is 20.9 Å². The van der Waals surface area contributed by atoms with Gasteiger partial charge in [-0.3, -0.25) is 19.2 Å². The number of ether oxygens (including phenoxy) is 1. The number of esters is 1. The topological polar surface area (TPSA) is 136 Å². The molecule has 0 radical (unpaired) electrons. The number of carbonyl (C=O) groups excluding carboxylic acids is 3. The van der Waals surface area contributed by atoms with Crippen molar-refractivity contribution in [2.45, 2.75) is 144 Å². The first kappa shape index (κ1) is 40.7. The number of nitrogens with one attached hydrogen (secondary N) is 1. The van der Waals surface area contributed by atoms with Crippen molar-refractivity contribution in [3.05, 3.63) is 58.1 Å². The summed E-state index contributed by atoms with van der Waals surface area (Å²) < 4.78 is 6.14. The van der Waals surface area contributed by atoms with Crippen LogP contribution in [0.5, 0.6) is 0 Å². The molecule has 0 aliphatic heterocycles. The molecule has 8 nitrogen and oxygen atoms in total. The van der Waals surface area contributed by atoms with E-state index in [9.17, 15) is 24.3 Å². The highest BCUT2D eigenvalue weighted by Gasteiger charge is 2.70. The van der Waals surface area contributed by atoms with Crippen molar-refractivity contribution in [2.24, 2.45) is 56.5 Å². The van der Waals surface area contributed by atoms with Crippen LogP contribution in [0.25, 0.3) is 0 Å². The number of allylic oxidation sites excluding steroid dienone is 2. The summed E-state index contributed by atoms with van der Waals surface area (Å²) in [5, 5.41) is 13.4. The molecular weight excluding hydrogens is 700 g/mol. The molecule has 4 N–H and O–H groups in total. The molecule has 9 atom stereocenters. The molecule has 1 aromatic rings. The lowest BCUT2D eigenvalue weighted by Gasteiger charge is -2.71. The fourth-order valence-corrected chi connectivity index (χ4v) is 12.8. The Hall–Kier alpha value is -2.97. The van der Waals surface area contributed by atoms with E-state index < -0.39 is 28.3 Å². The summed E-state index contributed by atoms with van der Waals surface area (Å²) in [7, 11) is 0. The van der Waals surface area contributed by atoms with Crippen molar-refractivity contribution >= 4 is 35.2 Å². The molecule has 1 aromatic carbocycles. The Morgan fingerprint density at radius 2 is 1.65 bits per heavy atom. The number of carboxylic acid groups (broad SMARTS) is 1. The van der Waals surface area contributed by atoms with Gasteiger partial charge in [-0.05, 0) is 142 Å². The predicted molar refractivity (Wildman–Crippen MR) is 211 cm³/mol. The number of hydrogen-bond donors (Lipinski definition) is 3. The first-order valence-corrected chi connectivity index (χ1v) is 20.6. The van der Waals surface area contributed by atoms with Gasteiger partial charge in [0.15, 0.2) is 5.78 Å². The standard InChI is InChI=1S/C45H63ClN2O6/c1-26(2)37-31(49)24-44(21-18-35(50)48-27(3)28-10-12-29(46)13-11-28)22-23-45(47)30(38(37)44)14-15-33-42(8)19-17-34(54-36(51)25-40(4,5)39(52)53)41(6,7)32(42)16-20-43(33,45)9/h10-13,18,21,26-27,30,32-34H,14-17,19-20,22-25,47H2,1-9H3,(H,48,50)(H,52,53)/b21-18+/t27-,30-,32+,33-,34+,42+,43-,44+,45+/m1/s1. The number of amides is 1. The molecule has 0 saturated heterocycles. The quantitative estimate of drug-likeness (QED) is 0.169. The van der Waals surface area contributed by atoms with Crippen molar-refractivity contribution in [1.82, 2.24) is 5.32 Å². The third-order valence-corrected chi connectivity index (χ3v) is 15.9. The maximum Gasteiger partial charge on any atom is 0.309 e. The molecule has 4 fully saturated rings. The van der Waals surface area contributed by atoms with E-state index in [1.54, 1.807) is 19.9 Å². The van der Waals surface area contributed by atoms with Gasteiger partial charge in [0.25, 0.3) is 0 Å². The summed E-state index contributed by atoms with van der Waals surface area (Å²) in [5.41, 5.74) is 8.30. The number of benzene rings is 1. The number of aliphatic carboxylic acids is 1. The number of hydrogen-bond acceptors (Lipinski definition) is 6. The highest BCUT2D eigenvalue weighted by Crippen LogP contribution is 2.73. The van der Waals surface area contributed by atoms with Crippen molar-refractivity contribution < 1.29 is 29.0 Å². The number of Topliss-reactive ketones (excluding diaryl/α,β-unsaturated/α-hetero) is 1. The van der Waals surface area contributed by atoms with E-state index >= 15 is 0 Å². The first-order chi connectivity index (χ1) is 25.0. The van der Waals surface area contributed by atoms with Crippen molar-refractivity contribution in [1.29, 1.82) is 0 Å². The highest BCUT2D eigenvalue weighted by molar-refractivity contribution is 6.30. The zero-order valence-corrected chi connectivity index (χ0v) is 34.7.